The number of hydrogen-bond donors (Lipinski definition) is 1. The molecule has 0 unspecified atom stereocenters. The molecule has 0 saturated carbocycles. The van der Waals surface area contributed by atoms with E-state index in [1.54, 1.807) is 32.9 Å². The Morgan fingerprint density at radius 2 is 2.00 bits per heavy atom. The fourth-order valence-electron chi connectivity index (χ4n) is 2.88. The second kappa shape index (κ2) is 7.63. The van der Waals surface area contributed by atoms with Gasteiger partial charge in [0.05, 0.1) is 6.61 Å². The van der Waals surface area contributed by atoms with E-state index >= 15 is 0 Å². The van der Waals surface area contributed by atoms with E-state index in [1.807, 2.05) is 19.1 Å². The van der Waals surface area contributed by atoms with Gasteiger partial charge >= 0.3 is 5.97 Å². The zero-order chi connectivity index (χ0) is 20.4. The van der Waals surface area contributed by atoms with Crippen molar-refractivity contribution < 1.29 is 18.8 Å². The van der Waals surface area contributed by atoms with Gasteiger partial charge in [-0.25, -0.2) is 4.79 Å². The van der Waals surface area contributed by atoms with Gasteiger partial charge in [-0.05, 0) is 39.3 Å². The van der Waals surface area contributed by atoms with Crippen LogP contribution in [-0.2, 0) is 9.53 Å². The molecule has 0 aliphatic heterocycles. The molecule has 0 spiro atoms. The first kappa shape index (κ1) is 19.3. The standard InChI is InChI=1S/C19H20N4O5/c1-5-27-19(26)15-14-17(28-22-15)20-12(4)23(18(14)25)11(3)16(24)21-13-9-7-6-8-10(13)2/h6-9,11H,5H2,1-4H3,(H,21,24)/t11-/m0/s1. The van der Waals surface area contributed by atoms with Crippen LogP contribution in [0.5, 0.6) is 0 Å². The lowest BCUT2D eigenvalue weighted by Gasteiger charge is -2.17. The van der Waals surface area contributed by atoms with Crippen molar-refractivity contribution in [1.29, 1.82) is 0 Å². The number of rotatable bonds is 5. The van der Waals surface area contributed by atoms with Crippen LogP contribution in [0.25, 0.3) is 11.1 Å². The number of fused-ring (bicyclic) bond motifs is 1. The van der Waals surface area contributed by atoms with Gasteiger partial charge in [0.25, 0.3) is 11.3 Å². The topological polar surface area (TPSA) is 116 Å². The van der Waals surface area contributed by atoms with E-state index in [4.69, 9.17) is 9.26 Å². The summed E-state index contributed by atoms with van der Waals surface area (Å²) >= 11 is 0. The molecule has 1 atom stereocenters. The number of para-hydroxylation sites is 1. The van der Waals surface area contributed by atoms with Crippen molar-refractivity contribution in [2.45, 2.75) is 33.7 Å². The molecule has 9 heteroatoms. The summed E-state index contributed by atoms with van der Waals surface area (Å²) in [6.07, 6.45) is 0. The lowest BCUT2D eigenvalue weighted by molar-refractivity contribution is -0.118. The van der Waals surface area contributed by atoms with Crippen LogP contribution in [0, 0.1) is 13.8 Å². The van der Waals surface area contributed by atoms with Gasteiger partial charge in [0, 0.05) is 5.69 Å². The molecule has 3 rings (SSSR count). The lowest BCUT2D eigenvalue weighted by Crippen LogP contribution is -2.34. The maximum absolute atomic E-state index is 13.0. The van der Waals surface area contributed by atoms with E-state index in [1.165, 1.54) is 4.57 Å². The Morgan fingerprint density at radius 1 is 1.29 bits per heavy atom. The molecule has 9 nitrogen and oxygen atoms in total. The van der Waals surface area contributed by atoms with E-state index in [0.717, 1.165) is 5.56 Å². The second-order valence-corrected chi connectivity index (χ2v) is 6.25. The number of amides is 1. The molecule has 0 bridgehead atoms. The highest BCUT2D eigenvalue weighted by Crippen LogP contribution is 2.19. The smallest absolute Gasteiger partial charge is 0.361 e. The highest BCUT2D eigenvalue weighted by molar-refractivity contribution is 6.00. The number of carbonyl (C=O) groups excluding carboxylic acids is 2. The third kappa shape index (κ3) is 3.38. The van der Waals surface area contributed by atoms with Gasteiger partial charge in [-0.2, -0.15) is 4.98 Å². The Labute approximate surface area is 160 Å². The first-order valence-corrected chi connectivity index (χ1v) is 8.77. The molecule has 1 aromatic carbocycles. The summed E-state index contributed by atoms with van der Waals surface area (Å²) in [6.45, 7) is 6.78. The van der Waals surface area contributed by atoms with Crippen molar-refractivity contribution in [1.82, 2.24) is 14.7 Å². The summed E-state index contributed by atoms with van der Waals surface area (Å²) in [6, 6.07) is 6.43. The van der Waals surface area contributed by atoms with Gasteiger partial charge in [0.1, 0.15) is 17.3 Å². The molecule has 0 aliphatic carbocycles. The van der Waals surface area contributed by atoms with E-state index < -0.39 is 23.5 Å². The number of carbonyl (C=O) groups is 2. The average molecular weight is 384 g/mol. The minimum absolute atomic E-state index is 0.0756. The highest BCUT2D eigenvalue weighted by Gasteiger charge is 2.27. The molecule has 2 aromatic heterocycles. The van der Waals surface area contributed by atoms with Gasteiger partial charge in [0.15, 0.2) is 0 Å². The summed E-state index contributed by atoms with van der Waals surface area (Å²) in [7, 11) is 0. The molecule has 0 radical (unpaired) electrons. The number of aryl methyl sites for hydroxylation is 2. The Bertz CT molecular complexity index is 1120. The monoisotopic (exact) mass is 384 g/mol. The molecular formula is C19H20N4O5. The fraction of sp³-hybridized carbons (Fsp3) is 0.316. The normalized spacial score (nSPS) is 12.0. The summed E-state index contributed by atoms with van der Waals surface area (Å²) in [4.78, 5) is 42.0. The van der Waals surface area contributed by atoms with Gasteiger partial charge in [-0.15, -0.1) is 0 Å². The van der Waals surface area contributed by atoms with E-state index in [-0.39, 0.29) is 29.2 Å². The van der Waals surface area contributed by atoms with Crippen LogP contribution in [0.4, 0.5) is 5.69 Å². The number of hydrogen-bond acceptors (Lipinski definition) is 7. The number of nitrogens with one attached hydrogen (secondary N) is 1. The predicted octanol–water partition coefficient (Wildman–Crippen LogP) is 2.38. The van der Waals surface area contributed by atoms with Crippen LogP contribution in [0.3, 0.4) is 0 Å². The van der Waals surface area contributed by atoms with Gasteiger partial charge < -0.3 is 14.6 Å². The first-order chi connectivity index (χ1) is 13.3. The molecule has 146 valence electrons. The summed E-state index contributed by atoms with van der Waals surface area (Å²) < 4.78 is 11.1. The maximum Gasteiger partial charge on any atom is 0.361 e. The van der Waals surface area contributed by atoms with Crippen LogP contribution in [0.15, 0.2) is 33.6 Å². The number of ether oxygens (including phenoxy) is 1. The summed E-state index contributed by atoms with van der Waals surface area (Å²) in [5.74, 6) is -0.918. The summed E-state index contributed by atoms with van der Waals surface area (Å²) in [5, 5.41) is 6.31. The first-order valence-electron chi connectivity index (χ1n) is 8.77. The minimum atomic E-state index is -0.881. The van der Waals surface area contributed by atoms with E-state index in [2.05, 4.69) is 15.5 Å². The van der Waals surface area contributed by atoms with Crippen LogP contribution in [-0.4, -0.2) is 33.2 Å². The Kier molecular flexibility index (Phi) is 5.25. The number of aromatic nitrogens is 3. The van der Waals surface area contributed by atoms with Crippen LogP contribution in [0.2, 0.25) is 0 Å². The van der Waals surface area contributed by atoms with Crippen LogP contribution in [0.1, 0.15) is 41.8 Å². The molecule has 28 heavy (non-hydrogen) atoms. The molecule has 0 fully saturated rings. The predicted molar refractivity (Wildman–Crippen MR) is 101 cm³/mol. The zero-order valence-corrected chi connectivity index (χ0v) is 16.0. The molecule has 1 amide bonds. The fourth-order valence-corrected chi connectivity index (χ4v) is 2.88. The van der Waals surface area contributed by atoms with Crippen LogP contribution >= 0.6 is 0 Å². The molecule has 2 heterocycles. The number of esters is 1. The Morgan fingerprint density at radius 3 is 2.68 bits per heavy atom. The van der Waals surface area contributed by atoms with Crippen LogP contribution < -0.4 is 10.9 Å². The lowest BCUT2D eigenvalue weighted by atomic mass is 10.2. The molecule has 0 saturated heterocycles. The quantitative estimate of drug-likeness (QED) is 0.671. The Balaban J connectivity index is 2.03. The third-order valence-electron chi connectivity index (χ3n) is 4.36. The van der Waals surface area contributed by atoms with Gasteiger partial charge in [-0.1, -0.05) is 23.4 Å². The number of anilines is 1. The molecule has 3 aromatic rings. The van der Waals surface area contributed by atoms with Crippen molar-refractivity contribution in [3.63, 3.8) is 0 Å². The third-order valence-corrected chi connectivity index (χ3v) is 4.36. The number of benzene rings is 1. The zero-order valence-electron chi connectivity index (χ0n) is 16.0. The molecule has 0 aliphatic rings. The molecule has 1 N–H and O–H groups in total. The van der Waals surface area contributed by atoms with Crippen molar-refractivity contribution >= 4 is 28.7 Å². The van der Waals surface area contributed by atoms with E-state index in [0.29, 0.717) is 5.69 Å². The average Bonchev–Trinajstić information content (AvgIpc) is 3.07. The minimum Gasteiger partial charge on any atom is -0.461 e. The molecular weight excluding hydrogens is 364 g/mol. The SMILES string of the molecule is CCOC(=O)c1noc2nc(C)n([C@@H](C)C(=O)Nc3ccccc3C)c(=O)c12. The van der Waals surface area contributed by atoms with E-state index in [9.17, 15) is 14.4 Å². The largest absolute Gasteiger partial charge is 0.461 e. The van der Waals surface area contributed by atoms with Crippen molar-refractivity contribution in [2.75, 3.05) is 11.9 Å². The van der Waals surface area contributed by atoms with Crippen molar-refractivity contribution in [3.8, 4) is 0 Å². The second-order valence-electron chi connectivity index (χ2n) is 6.25. The summed E-state index contributed by atoms with van der Waals surface area (Å²) in [5.41, 5.74) is 0.614. The van der Waals surface area contributed by atoms with Gasteiger partial charge in [-0.3, -0.25) is 14.2 Å². The number of nitrogens with zero attached hydrogens (tertiary/aromatic N) is 3. The van der Waals surface area contributed by atoms with Crippen molar-refractivity contribution in [2.24, 2.45) is 0 Å². The Hall–Kier alpha value is -3.49. The highest BCUT2D eigenvalue weighted by atomic mass is 16.5. The van der Waals surface area contributed by atoms with Gasteiger partial charge in [0.2, 0.25) is 11.6 Å². The maximum atomic E-state index is 13.0. The van der Waals surface area contributed by atoms with Crippen molar-refractivity contribution in [3.05, 3.63) is 51.7 Å².